The van der Waals surface area contributed by atoms with Gasteiger partial charge in [0, 0.05) is 0 Å². The highest BCUT2D eigenvalue weighted by Crippen LogP contribution is 2.13. The lowest BCUT2D eigenvalue weighted by Gasteiger charge is -1.99. The highest BCUT2D eigenvalue weighted by Gasteiger charge is 1.91. The molecule has 0 saturated carbocycles. The summed E-state index contributed by atoms with van der Waals surface area (Å²) >= 11 is 0. The molecule has 64 valence electrons. The lowest BCUT2D eigenvalue weighted by Crippen LogP contribution is -1.77. The molecule has 0 heterocycles. The first kappa shape index (κ1) is 10.7. The van der Waals surface area contributed by atoms with Gasteiger partial charge >= 0.3 is 0 Å². The van der Waals surface area contributed by atoms with E-state index in [1.165, 1.54) is 11.1 Å². The minimum Gasteiger partial charge on any atom is -0.106 e. The van der Waals surface area contributed by atoms with Gasteiger partial charge in [-0.15, -0.1) is 13.2 Å². The van der Waals surface area contributed by atoms with Crippen molar-refractivity contribution in [2.24, 2.45) is 0 Å². The molecule has 0 unspecified atom stereocenters. The van der Waals surface area contributed by atoms with Crippen LogP contribution in [0.1, 0.15) is 18.9 Å². The minimum absolute atomic E-state index is 1.03. The first-order valence-corrected chi connectivity index (χ1v) is 4.07. The Kier molecular flexibility index (Phi) is 5.72. The maximum atomic E-state index is 3.94. The Bertz CT molecular complexity index is 221. The maximum absolute atomic E-state index is 3.94. The first-order valence-electron chi connectivity index (χ1n) is 4.07. The average molecular weight is 160 g/mol. The molecule has 1 aromatic rings. The lowest BCUT2D eigenvalue weighted by molar-refractivity contribution is 1.24. The van der Waals surface area contributed by atoms with Gasteiger partial charge in [0.1, 0.15) is 0 Å². The van der Waals surface area contributed by atoms with E-state index in [2.05, 4.69) is 38.8 Å². The second-order valence-electron chi connectivity index (χ2n) is 2.32. The van der Waals surface area contributed by atoms with Gasteiger partial charge in [0.05, 0.1) is 0 Å². The second kappa shape index (κ2) is 6.41. The van der Waals surface area contributed by atoms with Gasteiger partial charge in [0.2, 0.25) is 0 Å². The fourth-order valence-corrected chi connectivity index (χ4v) is 0.878. The van der Waals surface area contributed by atoms with E-state index in [9.17, 15) is 0 Å². The van der Waals surface area contributed by atoms with Crippen LogP contribution < -0.4 is 0 Å². The molecule has 0 bridgehead atoms. The monoisotopic (exact) mass is 160 g/mol. The smallest absolute Gasteiger partial charge is 0.0231 e. The largest absolute Gasteiger partial charge is 0.106 e. The van der Waals surface area contributed by atoms with Crippen molar-refractivity contribution in [1.82, 2.24) is 0 Å². The summed E-state index contributed by atoms with van der Waals surface area (Å²) in [6, 6.07) is 10.3. The van der Waals surface area contributed by atoms with E-state index in [0.717, 1.165) is 6.42 Å². The highest BCUT2D eigenvalue weighted by atomic mass is 14.0. The zero-order valence-electron chi connectivity index (χ0n) is 7.72. The summed E-state index contributed by atoms with van der Waals surface area (Å²) in [5.74, 6) is 0. The molecule has 0 atom stereocenters. The lowest BCUT2D eigenvalue weighted by atomic mass is 10.1. The van der Waals surface area contributed by atoms with Crippen LogP contribution in [0.5, 0.6) is 0 Å². The molecule has 1 rings (SSSR count). The number of hydrogen-bond acceptors (Lipinski definition) is 0. The molecule has 12 heavy (non-hydrogen) atoms. The molecule has 0 amide bonds. The normalized spacial score (nSPS) is 8.08. The summed E-state index contributed by atoms with van der Waals surface area (Å²) < 4.78 is 0. The molecular formula is C12H16. The van der Waals surface area contributed by atoms with E-state index in [-0.39, 0.29) is 0 Å². The van der Waals surface area contributed by atoms with E-state index in [4.69, 9.17) is 0 Å². The van der Waals surface area contributed by atoms with Gasteiger partial charge in [-0.2, -0.15) is 0 Å². The van der Waals surface area contributed by atoms with Crippen LogP contribution in [0, 0.1) is 0 Å². The van der Waals surface area contributed by atoms with Crippen molar-refractivity contribution < 1.29 is 0 Å². The van der Waals surface area contributed by atoms with Crippen molar-refractivity contribution in [3.05, 3.63) is 55.6 Å². The Morgan fingerprint density at radius 1 is 1.17 bits per heavy atom. The highest BCUT2D eigenvalue weighted by molar-refractivity contribution is 5.62. The Morgan fingerprint density at radius 2 is 1.67 bits per heavy atom. The molecule has 0 nitrogen and oxygen atoms in total. The van der Waals surface area contributed by atoms with Gasteiger partial charge in [0.25, 0.3) is 0 Å². The van der Waals surface area contributed by atoms with E-state index >= 15 is 0 Å². The van der Waals surface area contributed by atoms with Crippen LogP contribution >= 0.6 is 0 Å². The number of hydrogen-bond donors (Lipinski definition) is 0. The maximum Gasteiger partial charge on any atom is -0.0231 e. The number of benzene rings is 1. The molecule has 0 saturated heterocycles. The third-order valence-electron chi connectivity index (χ3n) is 1.61. The van der Waals surface area contributed by atoms with Crippen molar-refractivity contribution in [2.75, 3.05) is 0 Å². The zero-order chi connectivity index (χ0) is 9.40. The molecule has 0 fully saturated rings. The quantitative estimate of drug-likeness (QED) is 0.575. The van der Waals surface area contributed by atoms with E-state index in [1.807, 2.05) is 18.2 Å². The van der Waals surface area contributed by atoms with Crippen molar-refractivity contribution in [3.8, 4) is 0 Å². The summed E-state index contributed by atoms with van der Waals surface area (Å²) in [6.07, 6.45) is 1.03. The Hall–Kier alpha value is -1.30. The third-order valence-corrected chi connectivity index (χ3v) is 1.61. The fourth-order valence-electron chi connectivity index (χ4n) is 0.878. The summed E-state index contributed by atoms with van der Waals surface area (Å²) in [6.45, 7) is 12.1. The molecule has 0 aliphatic rings. The Labute approximate surface area is 75.2 Å². The van der Waals surface area contributed by atoms with Crippen molar-refractivity contribution >= 4 is 5.57 Å². The predicted molar refractivity (Wildman–Crippen MR) is 57.0 cm³/mol. The first-order chi connectivity index (χ1) is 5.84. The molecule has 1 aromatic carbocycles. The Morgan fingerprint density at radius 3 is 2.08 bits per heavy atom. The summed E-state index contributed by atoms with van der Waals surface area (Å²) in [5, 5.41) is 0. The molecule has 0 aromatic heterocycles. The second-order valence-corrected chi connectivity index (χ2v) is 2.32. The summed E-state index contributed by atoms with van der Waals surface area (Å²) in [4.78, 5) is 0. The molecule has 0 radical (unpaired) electrons. The molecule has 0 spiro atoms. The van der Waals surface area contributed by atoms with E-state index in [1.54, 1.807) is 0 Å². The van der Waals surface area contributed by atoms with Crippen LogP contribution in [0.4, 0.5) is 0 Å². The van der Waals surface area contributed by atoms with Crippen LogP contribution in [0.3, 0.4) is 0 Å². The van der Waals surface area contributed by atoms with Gasteiger partial charge in [-0.25, -0.2) is 0 Å². The van der Waals surface area contributed by atoms with Gasteiger partial charge in [-0.05, 0) is 17.6 Å². The predicted octanol–water partition coefficient (Wildman–Crippen LogP) is 3.91. The summed E-state index contributed by atoms with van der Waals surface area (Å²) in [7, 11) is 0. The molecule has 0 heteroatoms. The summed E-state index contributed by atoms with van der Waals surface area (Å²) in [5.41, 5.74) is 2.46. The van der Waals surface area contributed by atoms with Crippen LogP contribution in [0.15, 0.2) is 50.1 Å². The average Bonchev–Trinajstić information content (AvgIpc) is 2.21. The van der Waals surface area contributed by atoms with Gasteiger partial charge < -0.3 is 0 Å². The van der Waals surface area contributed by atoms with Crippen molar-refractivity contribution in [3.63, 3.8) is 0 Å². The van der Waals surface area contributed by atoms with E-state index < -0.39 is 0 Å². The molecule has 0 N–H and O–H groups in total. The molecule has 0 aliphatic carbocycles. The van der Waals surface area contributed by atoms with Crippen LogP contribution in [0.2, 0.25) is 0 Å². The van der Waals surface area contributed by atoms with Gasteiger partial charge in [0.15, 0.2) is 0 Å². The van der Waals surface area contributed by atoms with Crippen molar-refractivity contribution in [1.29, 1.82) is 0 Å². The number of rotatable bonds is 2. The van der Waals surface area contributed by atoms with Crippen molar-refractivity contribution in [2.45, 2.75) is 13.3 Å². The third kappa shape index (κ3) is 3.20. The Balaban J connectivity index is 0.000000561. The van der Waals surface area contributed by atoms with Crippen LogP contribution in [-0.4, -0.2) is 0 Å². The molecular weight excluding hydrogens is 144 g/mol. The zero-order valence-corrected chi connectivity index (χ0v) is 7.72. The van der Waals surface area contributed by atoms with E-state index in [0.29, 0.717) is 0 Å². The SMILES string of the molecule is C=C.C=C(CC)c1ccccc1. The van der Waals surface area contributed by atoms with Crippen LogP contribution in [-0.2, 0) is 0 Å². The number of allylic oxidation sites excluding steroid dienone is 1. The van der Waals surface area contributed by atoms with Gasteiger partial charge in [-0.1, -0.05) is 43.8 Å². The minimum atomic E-state index is 1.03. The van der Waals surface area contributed by atoms with Gasteiger partial charge in [-0.3, -0.25) is 0 Å². The molecule has 0 aliphatic heterocycles. The fraction of sp³-hybridized carbons (Fsp3) is 0.167. The standard InChI is InChI=1S/C10H12.C2H4/c1-3-9(2)10-7-5-4-6-8-10;1-2/h4-8H,2-3H2,1H3;1-2H2. The van der Waals surface area contributed by atoms with Crippen LogP contribution in [0.25, 0.3) is 5.57 Å². The topological polar surface area (TPSA) is 0 Å².